The van der Waals surface area contributed by atoms with E-state index in [9.17, 15) is 18.7 Å². The Morgan fingerprint density at radius 2 is 2.00 bits per heavy atom. The first-order valence-electron chi connectivity index (χ1n) is 9.61. The Balaban J connectivity index is 1.96. The van der Waals surface area contributed by atoms with Crippen molar-refractivity contribution in [3.8, 4) is 16.9 Å². The second-order valence-corrected chi connectivity index (χ2v) is 7.50. The number of nitrogens with zero attached hydrogens (tertiary/aromatic N) is 1. The largest absolute Gasteiger partial charge is 0.493 e. The van der Waals surface area contributed by atoms with Crippen molar-refractivity contribution in [2.24, 2.45) is 0 Å². The zero-order valence-corrected chi connectivity index (χ0v) is 16.1. The van der Waals surface area contributed by atoms with Crippen LogP contribution in [-0.4, -0.2) is 22.7 Å². The maximum absolute atomic E-state index is 14.6. The lowest BCUT2D eigenvalue weighted by atomic mass is 9.86. The third kappa shape index (κ3) is 2.79. The first-order valence-corrected chi connectivity index (χ1v) is 9.61. The number of carbonyl (C=O) groups is 1. The van der Waals surface area contributed by atoms with E-state index >= 15 is 0 Å². The molecule has 6 heteroatoms. The molecular weight excluding hydrogens is 388 g/mol. The van der Waals surface area contributed by atoms with Crippen LogP contribution in [0.3, 0.4) is 0 Å². The molecule has 0 saturated carbocycles. The Morgan fingerprint density at radius 3 is 2.80 bits per heavy atom. The van der Waals surface area contributed by atoms with Crippen LogP contribution in [0.1, 0.15) is 16.7 Å². The zero-order chi connectivity index (χ0) is 21.0. The van der Waals surface area contributed by atoms with Crippen LogP contribution < -0.4 is 4.74 Å². The summed E-state index contributed by atoms with van der Waals surface area (Å²) in [7, 11) is 0. The van der Waals surface area contributed by atoms with E-state index in [1.54, 1.807) is 25.3 Å². The van der Waals surface area contributed by atoms with Crippen molar-refractivity contribution >= 4 is 27.6 Å². The number of aryl methyl sites for hydroxylation is 1. The SMILES string of the molecule is Cc1cc2c(F)cc(F)cc2c(-c2ccc3c4c(ccnc24)CCO3)c1CC(=O)O. The molecule has 1 N–H and O–H groups in total. The number of ether oxygens (including phenoxy) is 1. The minimum atomic E-state index is -1.02. The maximum atomic E-state index is 14.6. The van der Waals surface area contributed by atoms with Crippen LogP contribution in [0.2, 0.25) is 0 Å². The molecule has 3 aromatic carbocycles. The van der Waals surface area contributed by atoms with E-state index in [4.69, 9.17) is 4.74 Å². The zero-order valence-electron chi connectivity index (χ0n) is 16.1. The highest BCUT2D eigenvalue weighted by atomic mass is 19.1. The molecule has 4 aromatic rings. The molecule has 0 bridgehead atoms. The Kier molecular flexibility index (Phi) is 4.17. The minimum Gasteiger partial charge on any atom is -0.493 e. The summed E-state index contributed by atoms with van der Waals surface area (Å²) < 4.78 is 34.6. The first kappa shape index (κ1) is 18.5. The second-order valence-electron chi connectivity index (χ2n) is 7.50. The molecule has 0 atom stereocenters. The van der Waals surface area contributed by atoms with Gasteiger partial charge in [0, 0.05) is 35.0 Å². The van der Waals surface area contributed by atoms with E-state index in [0.717, 1.165) is 23.4 Å². The van der Waals surface area contributed by atoms with Crippen molar-refractivity contribution in [2.75, 3.05) is 6.61 Å². The Morgan fingerprint density at radius 1 is 1.17 bits per heavy atom. The van der Waals surface area contributed by atoms with Gasteiger partial charge in [-0.2, -0.15) is 0 Å². The Labute approximate surface area is 170 Å². The van der Waals surface area contributed by atoms with E-state index in [1.165, 1.54) is 6.07 Å². The van der Waals surface area contributed by atoms with E-state index in [-0.39, 0.29) is 11.8 Å². The highest BCUT2D eigenvalue weighted by Crippen LogP contribution is 2.42. The van der Waals surface area contributed by atoms with E-state index in [2.05, 4.69) is 4.98 Å². The van der Waals surface area contributed by atoms with Gasteiger partial charge in [0.2, 0.25) is 0 Å². The number of hydrogen-bond acceptors (Lipinski definition) is 3. The van der Waals surface area contributed by atoms with Crippen molar-refractivity contribution in [1.29, 1.82) is 0 Å². The van der Waals surface area contributed by atoms with Gasteiger partial charge in [0.25, 0.3) is 0 Å². The minimum absolute atomic E-state index is 0.245. The molecule has 1 aliphatic heterocycles. The molecule has 30 heavy (non-hydrogen) atoms. The van der Waals surface area contributed by atoms with Crippen molar-refractivity contribution in [1.82, 2.24) is 4.98 Å². The number of rotatable bonds is 3. The standard InChI is InChI=1S/C24H17F2NO3/c1-12-8-17-18(9-14(25)10-19(17)26)23(16(12)11-21(28)29)15-2-3-20-22-13(5-7-30-20)4-6-27-24(15)22/h2-4,6,8-10H,5,7,11H2,1H3,(H,28,29). The van der Waals surface area contributed by atoms with Crippen LogP contribution >= 0.6 is 0 Å². The predicted octanol–water partition coefficient (Wildman–Crippen LogP) is 5.20. The topological polar surface area (TPSA) is 59.4 Å². The monoisotopic (exact) mass is 405 g/mol. The summed E-state index contributed by atoms with van der Waals surface area (Å²) in [5, 5.41) is 10.9. The molecule has 150 valence electrons. The van der Waals surface area contributed by atoms with Gasteiger partial charge in [-0.1, -0.05) is 0 Å². The summed E-state index contributed by atoms with van der Waals surface area (Å²) in [6, 6.07) is 9.21. The smallest absolute Gasteiger partial charge is 0.307 e. The lowest BCUT2D eigenvalue weighted by molar-refractivity contribution is -0.136. The molecule has 0 unspecified atom stereocenters. The number of benzene rings is 3. The van der Waals surface area contributed by atoms with Crippen LogP contribution in [-0.2, 0) is 17.6 Å². The van der Waals surface area contributed by atoms with Gasteiger partial charge in [-0.3, -0.25) is 9.78 Å². The van der Waals surface area contributed by atoms with Gasteiger partial charge < -0.3 is 9.84 Å². The van der Waals surface area contributed by atoms with Crippen molar-refractivity contribution < 1.29 is 23.4 Å². The van der Waals surface area contributed by atoms with Crippen molar-refractivity contribution in [3.63, 3.8) is 0 Å². The number of aromatic nitrogens is 1. The fraction of sp³-hybridized carbons (Fsp3) is 0.167. The average molecular weight is 405 g/mol. The van der Waals surface area contributed by atoms with Crippen molar-refractivity contribution in [2.45, 2.75) is 19.8 Å². The summed E-state index contributed by atoms with van der Waals surface area (Å²) in [6.07, 6.45) is 2.16. The fourth-order valence-corrected chi connectivity index (χ4v) is 4.39. The summed E-state index contributed by atoms with van der Waals surface area (Å²) in [5.74, 6) is -1.72. The molecule has 1 aromatic heterocycles. The fourth-order valence-electron chi connectivity index (χ4n) is 4.39. The third-order valence-corrected chi connectivity index (χ3v) is 5.67. The molecule has 0 fully saturated rings. The molecule has 0 radical (unpaired) electrons. The number of hydrogen-bond donors (Lipinski definition) is 1. The van der Waals surface area contributed by atoms with E-state index in [0.29, 0.717) is 45.5 Å². The average Bonchev–Trinajstić information content (AvgIpc) is 2.70. The molecule has 2 heterocycles. The molecule has 0 aliphatic carbocycles. The van der Waals surface area contributed by atoms with Crippen LogP contribution in [0.5, 0.6) is 5.75 Å². The Hall–Kier alpha value is -3.54. The molecule has 4 nitrogen and oxygen atoms in total. The van der Waals surface area contributed by atoms with Gasteiger partial charge in [0.1, 0.15) is 17.4 Å². The predicted molar refractivity (Wildman–Crippen MR) is 110 cm³/mol. The number of carboxylic acid groups (broad SMARTS) is 1. The lowest BCUT2D eigenvalue weighted by Gasteiger charge is -2.21. The van der Waals surface area contributed by atoms with Gasteiger partial charge in [0.05, 0.1) is 18.5 Å². The van der Waals surface area contributed by atoms with E-state index < -0.39 is 17.6 Å². The van der Waals surface area contributed by atoms with Crippen LogP contribution in [0, 0.1) is 18.6 Å². The van der Waals surface area contributed by atoms with Gasteiger partial charge in [-0.25, -0.2) is 8.78 Å². The van der Waals surface area contributed by atoms with Crippen LogP contribution in [0.15, 0.2) is 42.6 Å². The Bertz CT molecular complexity index is 1350. The number of aliphatic carboxylic acids is 1. The summed E-state index contributed by atoms with van der Waals surface area (Å²) in [5.41, 5.74) is 3.98. The normalized spacial score (nSPS) is 12.9. The third-order valence-electron chi connectivity index (χ3n) is 5.67. The summed E-state index contributed by atoms with van der Waals surface area (Å²) >= 11 is 0. The summed E-state index contributed by atoms with van der Waals surface area (Å²) in [6.45, 7) is 2.31. The highest BCUT2D eigenvalue weighted by Gasteiger charge is 2.23. The maximum Gasteiger partial charge on any atom is 0.307 e. The number of pyridine rings is 1. The van der Waals surface area contributed by atoms with Gasteiger partial charge in [-0.15, -0.1) is 0 Å². The molecule has 1 aliphatic rings. The molecule has 0 spiro atoms. The van der Waals surface area contributed by atoms with Crippen molar-refractivity contribution in [3.05, 3.63) is 70.9 Å². The van der Waals surface area contributed by atoms with Gasteiger partial charge >= 0.3 is 5.97 Å². The van der Waals surface area contributed by atoms with Crippen LogP contribution in [0.4, 0.5) is 8.78 Å². The van der Waals surface area contributed by atoms with Crippen LogP contribution in [0.25, 0.3) is 32.8 Å². The lowest BCUT2D eigenvalue weighted by Crippen LogP contribution is -2.10. The number of carboxylic acids is 1. The molecule has 0 amide bonds. The molecule has 5 rings (SSSR count). The first-order chi connectivity index (χ1) is 14.4. The number of fused-ring (bicyclic) bond motifs is 1. The van der Waals surface area contributed by atoms with Gasteiger partial charge in [-0.05, 0) is 64.9 Å². The summed E-state index contributed by atoms with van der Waals surface area (Å²) in [4.78, 5) is 16.2. The quantitative estimate of drug-likeness (QED) is 0.509. The van der Waals surface area contributed by atoms with Gasteiger partial charge in [0.15, 0.2) is 0 Å². The van der Waals surface area contributed by atoms with E-state index in [1.807, 2.05) is 12.1 Å². The second kappa shape index (κ2) is 6.76. The molecule has 0 saturated heterocycles. The highest BCUT2D eigenvalue weighted by molar-refractivity contribution is 6.08. The number of halogens is 2. The molecular formula is C24H17F2NO3.